The summed E-state index contributed by atoms with van der Waals surface area (Å²) in [6.45, 7) is 24.0. The summed E-state index contributed by atoms with van der Waals surface area (Å²) in [7, 11) is 0. The molecule has 0 heterocycles. The predicted molar refractivity (Wildman–Crippen MR) is 283 cm³/mol. The van der Waals surface area contributed by atoms with Gasteiger partial charge in [0.15, 0.2) is 0 Å². The molecule has 0 aliphatic rings. The van der Waals surface area contributed by atoms with E-state index in [1.165, 1.54) is 193 Å². The smallest absolute Gasteiger partial charge is 0.0136 e. The summed E-state index contributed by atoms with van der Waals surface area (Å²) in [5, 5.41) is 12.9. The summed E-state index contributed by atoms with van der Waals surface area (Å²) >= 11 is 0. The topological polar surface area (TPSA) is 0 Å². The molecule has 342 valence electrons. The van der Waals surface area contributed by atoms with Gasteiger partial charge in [0, 0.05) is 0 Å². The summed E-state index contributed by atoms with van der Waals surface area (Å²) in [6.07, 6.45) is 37.6. The minimum atomic E-state index is 1.17. The number of aryl methyl sites for hydroxylation is 6. The number of rotatable bonds is 30. The van der Waals surface area contributed by atoms with Gasteiger partial charge in [-0.2, -0.15) is 0 Å². The molecule has 0 saturated heterocycles. The summed E-state index contributed by atoms with van der Waals surface area (Å²) < 4.78 is 0. The molecule has 0 saturated carbocycles. The molecule has 0 radical (unpaired) electrons. The minimum Gasteiger partial charge on any atom is -0.0654 e. The average Bonchev–Trinajstić information content (AvgIpc) is 3.29. The number of hydrogen-bond donors (Lipinski definition) is 0. The number of unbranched alkanes of at least 4 members (excludes halogenated alkanes) is 10. The lowest BCUT2D eigenvalue weighted by atomic mass is 9.78. The first-order valence-corrected chi connectivity index (χ1v) is 27.4. The highest BCUT2D eigenvalue weighted by Gasteiger charge is 2.25. The highest BCUT2D eigenvalue weighted by Crippen LogP contribution is 2.45. The Balaban J connectivity index is 2.09. The van der Waals surface area contributed by atoms with Gasteiger partial charge in [0.05, 0.1) is 0 Å². The van der Waals surface area contributed by atoms with Crippen molar-refractivity contribution in [2.24, 2.45) is 0 Å². The lowest BCUT2D eigenvalue weighted by Crippen LogP contribution is -2.09. The van der Waals surface area contributed by atoms with Crippen LogP contribution in [0.15, 0.2) is 24.3 Å². The molecule has 0 amide bonds. The van der Waals surface area contributed by atoms with Crippen LogP contribution in [0.25, 0.3) is 43.1 Å². The monoisotopic (exact) mass is 839 g/mol. The molecular formula is C62H94. The Morgan fingerprint density at radius 2 is 0.306 bits per heavy atom. The maximum atomic E-state index is 2.82. The van der Waals surface area contributed by atoms with E-state index < -0.39 is 0 Å². The van der Waals surface area contributed by atoms with Gasteiger partial charge in [0.1, 0.15) is 0 Å². The number of benzene rings is 5. The van der Waals surface area contributed by atoms with Gasteiger partial charge >= 0.3 is 0 Å². The van der Waals surface area contributed by atoms with Crippen LogP contribution in [0, 0.1) is 0 Å². The Morgan fingerprint density at radius 3 is 0.468 bits per heavy atom. The molecule has 0 nitrogen and oxygen atoms in total. The van der Waals surface area contributed by atoms with Crippen molar-refractivity contribution in [3.63, 3.8) is 0 Å². The van der Waals surface area contributed by atoms with Gasteiger partial charge in [0.2, 0.25) is 0 Å². The molecule has 5 aromatic carbocycles. The standard InChI is InChI=1S/C62H94/c1-11-21-31-45-46(32-22-12-2)50(36-26-16-6)56-42-60-54(40-30-20-10)62-44-58-52(38-28-18-8)48(34-24-14-4)47(33-23-13-3)51(37-27-17-7)57(58)43-61(62)53(39-29-19-9)59(60)41-55(56)49(45)35-25-15-5/h41-44H,11-40H2,1-10H3. The molecule has 0 aliphatic carbocycles. The lowest BCUT2D eigenvalue weighted by molar-refractivity contribution is 0.724. The van der Waals surface area contributed by atoms with Gasteiger partial charge in [-0.05, 0) is 251 Å². The third-order valence-corrected chi connectivity index (χ3v) is 14.9. The minimum absolute atomic E-state index is 1.17. The van der Waals surface area contributed by atoms with Crippen molar-refractivity contribution >= 4 is 43.1 Å². The Hall–Kier alpha value is -2.86. The van der Waals surface area contributed by atoms with E-state index in [1.54, 1.807) is 98.7 Å². The number of hydrogen-bond acceptors (Lipinski definition) is 0. The van der Waals surface area contributed by atoms with Crippen molar-refractivity contribution in [1.29, 1.82) is 0 Å². The zero-order chi connectivity index (χ0) is 44.4. The highest BCUT2D eigenvalue weighted by atomic mass is 14.3. The molecule has 0 unspecified atom stereocenters. The molecular weight excluding hydrogens is 745 g/mol. The Bertz CT molecular complexity index is 1860. The summed E-state index contributed by atoms with van der Waals surface area (Å²) in [6, 6.07) is 11.3. The van der Waals surface area contributed by atoms with Gasteiger partial charge in [-0.3, -0.25) is 0 Å². The second-order valence-corrected chi connectivity index (χ2v) is 19.7. The maximum Gasteiger partial charge on any atom is -0.0136 e. The van der Waals surface area contributed by atoms with E-state index in [2.05, 4.69) is 93.5 Å². The molecule has 5 aromatic rings. The molecule has 0 bridgehead atoms. The van der Waals surface area contributed by atoms with Crippen molar-refractivity contribution < 1.29 is 0 Å². The second kappa shape index (κ2) is 26.2. The Labute approximate surface area is 383 Å². The van der Waals surface area contributed by atoms with Crippen LogP contribution in [0.1, 0.15) is 253 Å². The highest BCUT2D eigenvalue weighted by molar-refractivity contribution is 6.15. The van der Waals surface area contributed by atoms with Crippen molar-refractivity contribution in [1.82, 2.24) is 0 Å². The maximum absolute atomic E-state index is 2.82. The van der Waals surface area contributed by atoms with Crippen molar-refractivity contribution in [2.75, 3.05) is 0 Å². The molecule has 0 aliphatic heterocycles. The molecule has 5 rings (SSSR count). The molecule has 0 fully saturated rings. The summed E-state index contributed by atoms with van der Waals surface area (Å²) in [5.74, 6) is 0. The average molecular weight is 839 g/mol. The van der Waals surface area contributed by atoms with E-state index >= 15 is 0 Å². The normalized spacial score (nSPS) is 12.0. The van der Waals surface area contributed by atoms with Crippen LogP contribution >= 0.6 is 0 Å². The first-order valence-electron chi connectivity index (χ1n) is 27.4. The van der Waals surface area contributed by atoms with Crippen LogP contribution < -0.4 is 0 Å². The van der Waals surface area contributed by atoms with E-state index in [4.69, 9.17) is 0 Å². The fraction of sp³-hybridized carbons (Fsp3) is 0.645. The van der Waals surface area contributed by atoms with E-state index in [0.29, 0.717) is 0 Å². The van der Waals surface area contributed by atoms with Crippen molar-refractivity contribution in [3.05, 3.63) is 79.9 Å². The molecule has 62 heavy (non-hydrogen) atoms. The first kappa shape index (κ1) is 50.1. The SMILES string of the molecule is CCCCc1c(CCCC)c(CCCC)c2cc3c(CCCC)c4cc5c(CCCC)c(CCCC)c(CCCC)c(CCCC)c5cc4c(CCCC)c3cc2c1CCCC. The second-order valence-electron chi connectivity index (χ2n) is 19.7. The fourth-order valence-corrected chi connectivity index (χ4v) is 11.3. The molecule has 0 heteroatoms. The molecule has 0 N–H and O–H groups in total. The molecule has 0 aromatic heterocycles. The van der Waals surface area contributed by atoms with Crippen LogP contribution in [-0.2, 0) is 64.2 Å². The van der Waals surface area contributed by atoms with Crippen molar-refractivity contribution in [2.45, 2.75) is 262 Å². The zero-order valence-electron chi connectivity index (χ0n) is 42.5. The fourth-order valence-electron chi connectivity index (χ4n) is 11.3. The molecule has 0 atom stereocenters. The predicted octanol–water partition coefficient (Wildman–Crippen LogP) is 19.7. The van der Waals surface area contributed by atoms with E-state index in [1.807, 2.05) is 0 Å². The zero-order valence-corrected chi connectivity index (χ0v) is 42.5. The van der Waals surface area contributed by atoms with Crippen molar-refractivity contribution in [3.8, 4) is 0 Å². The van der Waals surface area contributed by atoms with Gasteiger partial charge in [-0.15, -0.1) is 0 Å². The van der Waals surface area contributed by atoms with E-state index in [0.717, 1.165) is 0 Å². The van der Waals surface area contributed by atoms with Crippen LogP contribution in [0.3, 0.4) is 0 Å². The summed E-state index contributed by atoms with van der Waals surface area (Å²) in [5.41, 5.74) is 17.3. The number of fused-ring (bicyclic) bond motifs is 4. The quantitative estimate of drug-likeness (QED) is 0.0404. The van der Waals surface area contributed by atoms with Gasteiger partial charge in [0.25, 0.3) is 0 Å². The van der Waals surface area contributed by atoms with Gasteiger partial charge < -0.3 is 0 Å². The van der Waals surface area contributed by atoms with Crippen LogP contribution in [-0.4, -0.2) is 0 Å². The molecule has 0 spiro atoms. The van der Waals surface area contributed by atoms with Crippen LogP contribution in [0.5, 0.6) is 0 Å². The first-order chi connectivity index (χ1) is 30.4. The lowest BCUT2D eigenvalue weighted by Gasteiger charge is -2.27. The van der Waals surface area contributed by atoms with Crippen LogP contribution in [0.4, 0.5) is 0 Å². The van der Waals surface area contributed by atoms with E-state index in [-0.39, 0.29) is 0 Å². The Morgan fingerprint density at radius 1 is 0.177 bits per heavy atom. The van der Waals surface area contributed by atoms with Crippen LogP contribution in [0.2, 0.25) is 0 Å². The van der Waals surface area contributed by atoms with E-state index in [9.17, 15) is 0 Å². The van der Waals surface area contributed by atoms with Gasteiger partial charge in [-0.25, -0.2) is 0 Å². The van der Waals surface area contributed by atoms with Gasteiger partial charge in [-0.1, -0.05) is 133 Å². The largest absolute Gasteiger partial charge is 0.0654 e. The Kier molecular flexibility index (Phi) is 21.2. The summed E-state index contributed by atoms with van der Waals surface area (Å²) in [4.78, 5) is 0. The third-order valence-electron chi connectivity index (χ3n) is 14.9. The third kappa shape index (κ3) is 11.5.